The minimum Gasteiger partial charge on any atom is -0.484 e. The SMILES string of the molecule is NC(=O)c1cccc(OCC(=O)NCCO)c1. The van der Waals surface area contributed by atoms with Gasteiger partial charge >= 0.3 is 0 Å². The average Bonchev–Trinajstić information content (AvgIpc) is 2.34. The van der Waals surface area contributed by atoms with E-state index in [0.29, 0.717) is 11.3 Å². The standard InChI is InChI=1S/C11H14N2O4/c12-11(16)8-2-1-3-9(6-8)17-7-10(15)13-4-5-14/h1-3,6,14H,4-5,7H2,(H2,12,16)(H,13,15). The molecule has 0 aliphatic rings. The first-order valence-electron chi connectivity index (χ1n) is 5.03. The van der Waals surface area contributed by atoms with Crippen molar-refractivity contribution in [2.24, 2.45) is 5.73 Å². The van der Waals surface area contributed by atoms with Gasteiger partial charge < -0.3 is 20.9 Å². The molecule has 1 aromatic rings. The Bertz CT molecular complexity index is 406. The number of primary amides is 1. The third kappa shape index (κ3) is 4.52. The molecular weight excluding hydrogens is 224 g/mol. The minimum absolute atomic E-state index is 0.122. The Morgan fingerprint density at radius 2 is 2.18 bits per heavy atom. The summed E-state index contributed by atoms with van der Waals surface area (Å²) >= 11 is 0. The van der Waals surface area contributed by atoms with Crippen LogP contribution in [0.25, 0.3) is 0 Å². The Kier molecular flexibility index (Phi) is 4.96. The summed E-state index contributed by atoms with van der Waals surface area (Å²) in [4.78, 5) is 22.0. The molecule has 0 aliphatic carbocycles. The van der Waals surface area contributed by atoms with E-state index in [1.165, 1.54) is 6.07 Å². The molecular formula is C11H14N2O4. The number of aliphatic hydroxyl groups excluding tert-OH is 1. The Morgan fingerprint density at radius 1 is 1.41 bits per heavy atom. The molecule has 0 saturated heterocycles. The van der Waals surface area contributed by atoms with Gasteiger partial charge in [-0.2, -0.15) is 0 Å². The summed E-state index contributed by atoms with van der Waals surface area (Å²) in [5.74, 6) is -0.510. The predicted octanol–water partition coefficient (Wildman–Crippen LogP) is -0.727. The first kappa shape index (κ1) is 13.0. The average molecular weight is 238 g/mol. The van der Waals surface area contributed by atoms with Crippen LogP contribution in [0.2, 0.25) is 0 Å². The molecule has 0 fully saturated rings. The molecule has 2 amide bonds. The van der Waals surface area contributed by atoms with E-state index in [2.05, 4.69) is 5.32 Å². The lowest BCUT2D eigenvalue weighted by atomic mass is 10.2. The lowest BCUT2D eigenvalue weighted by Gasteiger charge is -2.07. The first-order chi connectivity index (χ1) is 8.13. The van der Waals surface area contributed by atoms with Crippen LogP contribution in [-0.2, 0) is 4.79 Å². The van der Waals surface area contributed by atoms with Crippen LogP contribution < -0.4 is 15.8 Å². The molecule has 4 N–H and O–H groups in total. The summed E-state index contributed by atoms with van der Waals surface area (Å²) in [7, 11) is 0. The topological polar surface area (TPSA) is 102 Å². The summed E-state index contributed by atoms with van der Waals surface area (Å²) in [6.45, 7) is -0.116. The van der Waals surface area contributed by atoms with Gasteiger partial charge in [-0.1, -0.05) is 6.07 Å². The van der Waals surface area contributed by atoms with Crippen LogP contribution in [-0.4, -0.2) is 36.7 Å². The van der Waals surface area contributed by atoms with Crippen LogP contribution in [0.5, 0.6) is 5.75 Å². The van der Waals surface area contributed by atoms with Crippen molar-refractivity contribution in [3.63, 3.8) is 0 Å². The highest BCUT2D eigenvalue weighted by Gasteiger charge is 2.04. The fourth-order valence-corrected chi connectivity index (χ4v) is 1.13. The second-order valence-electron chi connectivity index (χ2n) is 3.25. The van der Waals surface area contributed by atoms with Crippen molar-refractivity contribution in [3.05, 3.63) is 29.8 Å². The molecule has 92 valence electrons. The van der Waals surface area contributed by atoms with Crippen LogP contribution in [0.1, 0.15) is 10.4 Å². The molecule has 1 rings (SSSR count). The van der Waals surface area contributed by atoms with Gasteiger partial charge in [0.05, 0.1) is 6.61 Å². The maximum absolute atomic E-state index is 11.2. The fraction of sp³-hybridized carbons (Fsp3) is 0.273. The number of carbonyl (C=O) groups is 2. The Labute approximate surface area is 98.4 Å². The van der Waals surface area contributed by atoms with Gasteiger partial charge in [-0.15, -0.1) is 0 Å². The molecule has 0 spiro atoms. The van der Waals surface area contributed by atoms with Crippen LogP contribution in [0, 0.1) is 0 Å². The van der Waals surface area contributed by atoms with Gasteiger partial charge in [0.15, 0.2) is 6.61 Å². The van der Waals surface area contributed by atoms with Crippen LogP contribution in [0.15, 0.2) is 24.3 Å². The lowest BCUT2D eigenvalue weighted by Crippen LogP contribution is -2.31. The van der Waals surface area contributed by atoms with E-state index < -0.39 is 5.91 Å². The molecule has 0 unspecified atom stereocenters. The second kappa shape index (κ2) is 6.49. The highest BCUT2D eigenvalue weighted by atomic mass is 16.5. The third-order valence-corrected chi connectivity index (χ3v) is 1.92. The zero-order valence-electron chi connectivity index (χ0n) is 9.18. The van der Waals surface area contributed by atoms with Crippen molar-refractivity contribution < 1.29 is 19.4 Å². The van der Waals surface area contributed by atoms with Gasteiger partial charge in [0.2, 0.25) is 5.91 Å². The van der Waals surface area contributed by atoms with Crippen molar-refractivity contribution in [1.82, 2.24) is 5.32 Å². The summed E-state index contributed by atoms with van der Waals surface area (Å²) in [5, 5.41) is 10.9. The molecule has 6 heteroatoms. The third-order valence-electron chi connectivity index (χ3n) is 1.92. The van der Waals surface area contributed by atoms with Crippen LogP contribution >= 0.6 is 0 Å². The quantitative estimate of drug-likeness (QED) is 0.608. The van der Waals surface area contributed by atoms with Gasteiger partial charge in [0.25, 0.3) is 5.91 Å². The monoisotopic (exact) mass is 238 g/mol. The van der Waals surface area contributed by atoms with Crippen molar-refractivity contribution in [2.75, 3.05) is 19.8 Å². The smallest absolute Gasteiger partial charge is 0.258 e. The van der Waals surface area contributed by atoms with Crippen molar-refractivity contribution >= 4 is 11.8 Å². The molecule has 0 atom stereocenters. The van der Waals surface area contributed by atoms with E-state index >= 15 is 0 Å². The van der Waals surface area contributed by atoms with Crippen LogP contribution in [0.3, 0.4) is 0 Å². The molecule has 0 bridgehead atoms. The highest BCUT2D eigenvalue weighted by Crippen LogP contribution is 2.12. The predicted molar refractivity (Wildman–Crippen MR) is 60.6 cm³/mol. The van der Waals surface area contributed by atoms with E-state index in [-0.39, 0.29) is 25.7 Å². The molecule has 0 heterocycles. The largest absolute Gasteiger partial charge is 0.484 e. The van der Waals surface area contributed by atoms with Gasteiger partial charge in [0, 0.05) is 12.1 Å². The zero-order chi connectivity index (χ0) is 12.7. The first-order valence-corrected chi connectivity index (χ1v) is 5.03. The number of rotatable bonds is 6. The number of nitrogens with two attached hydrogens (primary N) is 1. The highest BCUT2D eigenvalue weighted by molar-refractivity contribution is 5.93. The van der Waals surface area contributed by atoms with Gasteiger partial charge in [-0.05, 0) is 18.2 Å². The summed E-state index contributed by atoms with van der Waals surface area (Å²) in [6, 6.07) is 6.25. The van der Waals surface area contributed by atoms with Crippen molar-refractivity contribution in [2.45, 2.75) is 0 Å². The van der Waals surface area contributed by atoms with E-state index in [9.17, 15) is 9.59 Å². The summed E-state index contributed by atoms with van der Waals surface area (Å²) in [5.41, 5.74) is 5.42. The number of benzene rings is 1. The van der Waals surface area contributed by atoms with Crippen molar-refractivity contribution in [3.8, 4) is 5.75 Å². The summed E-state index contributed by atoms with van der Waals surface area (Å²) in [6.07, 6.45) is 0. The van der Waals surface area contributed by atoms with E-state index in [4.69, 9.17) is 15.6 Å². The molecule has 17 heavy (non-hydrogen) atoms. The normalized spacial score (nSPS) is 9.71. The number of carbonyl (C=O) groups excluding carboxylic acids is 2. The number of hydrogen-bond donors (Lipinski definition) is 3. The number of hydrogen-bond acceptors (Lipinski definition) is 4. The second-order valence-corrected chi connectivity index (χ2v) is 3.25. The maximum Gasteiger partial charge on any atom is 0.258 e. The minimum atomic E-state index is -0.555. The molecule has 0 aliphatic heterocycles. The van der Waals surface area contributed by atoms with E-state index in [0.717, 1.165) is 0 Å². The number of aliphatic hydroxyl groups is 1. The molecule has 1 aromatic carbocycles. The fourth-order valence-electron chi connectivity index (χ4n) is 1.13. The van der Waals surface area contributed by atoms with Crippen molar-refractivity contribution in [1.29, 1.82) is 0 Å². The number of nitrogens with one attached hydrogen (secondary N) is 1. The zero-order valence-corrected chi connectivity index (χ0v) is 9.18. The molecule has 0 saturated carbocycles. The summed E-state index contributed by atoms with van der Waals surface area (Å²) < 4.78 is 5.15. The maximum atomic E-state index is 11.2. The molecule has 0 radical (unpaired) electrons. The number of ether oxygens (including phenoxy) is 1. The van der Waals surface area contributed by atoms with E-state index in [1.807, 2.05) is 0 Å². The number of amides is 2. The molecule has 6 nitrogen and oxygen atoms in total. The van der Waals surface area contributed by atoms with E-state index in [1.54, 1.807) is 18.2 Å². The van der Waals surface area contributed by atoms with Gasteiger partial charge in [-0.25, -0.2) is 0 Å². The van der Waals surface area contributed by atoms with Gasteiger partial charge in [0.1, 0.15) is 5.75 Å². The van der Waals surface area contributed by atoms with Gasteiger partial charge in [-0.3, -0.25) is 9.59 Å². The Balaban J connectivity index is 2.49. The molecule has 0 aromatic heterocycles. The van der Waals surface area contributed by atoms with Crippen LogP contribution in [0.4, 0.5) is 0 Å². The Hall–Kier alpha value is -2.08. The lowest BCUT2D eigenvalue weighted by molar-refractivity contribution is -0.123. The Morgan fingerprint density at radius 3 is 2.82 bits per heavy atom.